The van der Waals surface area contributed by atoms with Gasteiger partial charge in [0, 0.05) is 0 Å². The second-order valence-electron chi connectivity index (χ2n) is 3.98. The summed E-state index contributed by atoms with van der Waals surface area (Å²) in [6.45, 7) is 4.77. The SMILES string of the molecule is COc1cc(C(CN)C(C)C)ccc1F. The zero-order valence-electron chi connectivity index (χ0n) is 9.46. The van der Waals surface area contributed by atoms with Crippen LogP contribution in [0.2, 0.25) is 0 Å². The Labute approximate surface area is 90.2 Å². The third kappa shape index (κ3) is 2.69. The Morgan fingerprint density at radius 3 is 2.53 bits per heavy atom. The number of hydrogen-bond acceptors (Lipinski definition) is 2. The van der Waals surface area contributed by atoms with Gasteiger partial charge in [-0.05, 0) is 36.1 Å². The summed E-state index contributed by atoms with van der Waals surface area (Å²) in [5.41, 5.74) is 6.73. The summed E-state index contributed by atoms with van der Waals surface area (Å²) in [5, 5.41) is 0. The largest absolute Gasteiger partial charge is 0.494 e. The highest BCUT2D eigenvalue weighted by molar-refractivity contribution is 5.32. The topological polar surface area (TPSA) is 35.2 Å². The Balaban J connectivity index is 3.03. The second kappa shape index (κ2) is 5.12. The molecule has 0 bridgehead atoms. The van der Waals surface area contributed by atoms with E-state index in [4.69, 9.17) is 10.5 Å². The fourth-order valence-corrected chi connectivity index (χ4v) is 1.70. The molecule has 84 valence electrons. The van der Waals surface area contributed by atoms with Crippen molar-refractivity contribution in [3.05, 3.63) is 29.6 Å². The third-order valence-electron chi connectivity index (χ3n) is 2.66. The van der Waals surface area contributed by atoms with Crippen molar-refractivity contribution in [1.29, 1.82) is 0 Å². The lowest BCUT2D eigenvalue weighted by Crippen LogP contribution is -2.17. The first-order valence-electron chi connectivity index (χ1n) is 5.13. The summed E-state index contributed by atoms with van der Waals surface area (Å²) >= 11 is 0. The van der Waals surface area contributed by atoms with E-state index >= 15 is 0 Å². The molecule has 0 aliphatic carbocycles. The molecule has 2 N–H and O–H groups in total. The van der Waals surface area contributed by atoms with Crippen molar-refractivity contribution in [1.82, 2.24) is 0 Å². The van der Waals surface area contributed by atoms with Crippen LogP contribution in [-0.2, 0) is 0 Å². The number of nitrogens with two attached hydrogens (primary N) is 1. The van der Waals surface area contributed by atoms with Gasteiger partial charge in [0.2, 0.25) is 0 Å². The number of halogens is 1. The molecular weight excluding hydrogens is 193 g/mol. The molecule has 0 saturated carbocycles. The molecule has 0 amide bonds. The number of methoxy groups -OCH3 is 1. The average molecular weight is 211 g/mol. The van der Waals surface area contributed by atoms with Gasteiger partial charge < -0.3 is 10.5 Å². The number of ether oxygens (including phenoxy) is 1. The van der Waals surface area contributed by atoms with Gasteiger partial charge in [0.15, 0.2) is 11.6 Å². The van der Waals surface area contributed by atoms with Gasteiger partial charge in [-0.15, -0.1) is 0 Å². The van der Waals surface area contributed by atoms with E-state index < -0.39 is 0 Å². The van der Waals surface area contributed by atoms with Crippen LogP contribution in [0.1, 0.15) is 25.3 Å². The molecule has 1 rings (SSSR count). The van der Waals surface area contributed by atoms with E-state index in [9.17, 15) is 4.39 Å². The molecule has 1 atom stereocenters. The van der Waals surface area contributed by atoms with E-state index in [1.165, 1.54) is 13.2 Å². The van der Waals surface area contributed by atoms with E-state index in [0.717, 1.165) is 5.56 Å². The van der Waals surface area contributed by atoms with E-state index in [2.05, 4.69) is 13.8 Å². The minimum atomic E-state index is -0.333. The molecule has 1 aromatic rings. The van der Waals surface area contributed by atoms with Crippen LogP contribution in [0, 0.1) is 11.7 Å². The maximum atomic E-state index is 13.2. The van der Waals surface area contributed by atoms with Crippen molar-refractivity contribution in [2.75, 3.05) is 13.7 Å². The average Bonchev–Trinajstić information content (AvgIpc) is 2.21. The van der Waals surface area contributed by atoms with E-state index in [1.807, 2.05) is 0 Å². The molecule has 0 heterocycles. The van der Waals surface area contributed by atoms with Crippen molar-refractivity contribution in [3.8, 4) is 5.75 Å². The van der Waals surface area contributed by atoms with Crippen LogP contribution in [0.3, 0.4) is 0 Å². The molecule has 15 heavy (non-hydrogen) atoms. The number of rotatable bonds is 4. The number of hydrogen-bond donors (Lipinski definition) is 1. The summed E-state index contributed by atoms with van der Waals surface area (Å²) in [7, 11) is 1.47. The standard InChI is InChI=1S/C12H18FNO/c1-8(2)10(7-14)9-4-5-11(13)12(6-9)15-3/h4-6,8,10H,7,14H2,1-3H3. The van der Waals surface area contributed by atoms with Gasteiger partial charge in [-0.2, -0.15) is 0 Å². The molecule has 0 aliphatic rings. The maximum Gasteiger partial charge on any atom is 0.165 e. The molecular formula is C12H18FNO. The molecule has 0 aromatic heterocycles. The van der Waals surface area contributed by atoms with Gasteiger partial charge >= 0.3 is 0 Å². The van der Waals surface area contributed by atoms with Crippen LogP contribution < -0.4 is 10.5 Å². The Hall–Kier alpha value is -1.09. The summed E-state index contributed by atoms with van der Waals surface area (Å²) in [6, 6.07) is 4.93. The van der Waals surface area contributed by atoms with Crippen LogP contribution in [-0.4, -0.2) is 13.7 Å². The first-order chi connectivity index (χ1) is 7.10. The van der Waals surface area contributed by atoms with Crippen molar-refractivity contribution in [2.24, 2.45) is 11.7 Å². The second-order valence-corrected chi connectivity index (χ2v) is 3.98. The summed E-state index contributed by atoms with van der Waals surface area (Å²) in [6.07, 6.45) is 0. The quantitative estimate of drug-likeness (QED) is 0.830. The normalized spacial score (nSPS) is 12.9. The fourth-order valence-electron chi connectivity index (χ4n) is 1.70. The van der Waals surface area contributed by atoms with Crippen LogP contribution >= 0.6 is 0 Å². The summed E-state index contributed by atoms with van der Waals surface area (Å²) in [5.74, 6) is 0.636. The molecule has 1 aromatic carbocycles. The lowest BCUT2D eigenvalue weighted by atomic mass is 9.88. The Morgan fingerprint density at radius 1 is 1.40 bits per heavy atom. The van der Waals surface area contributed by atoms with Crippen molar-refractivity contribution in [3.63, 3.8) is 0 Å². The molecule has 0 aliphatic heterocycles. The highest BCUT2D eigenvalue weighted by atomic mass is 19.1. The van der Waals surface area contributed by atoms with Gasteiger partial charge in [0.05, 0.1) is 7.11 Å². The molecule has 0 spiro atoms. The Morgan fingerprint density at radius 2 is 2.07 bits per heavy atom. The minimum Gasteiger partial charge on any atom is -0.494 e. The zero-order valence-corrected chi connectivity index (χ0v) is 9.46. The monoisotopic (exact) mass is 211 g/mol. The highest BCUT2D eigenvalue weighted by Gasteiger charge is 2.15. The predicted molar refractivity (Wildman–Crippen MR) is 59.6 cm³/mol. The molecule has 3 heteroatoms. The smallest absolute Gasteiger partial charge is 0.165 e. The molecule has 0 saturated heterocycles. The molecule has 0 fully saturated rings. The van der Waals surface area contributed by atoms with Gasteiger partial charge in [0.25, 0.3) is 0 Å². The number of benzene rings is 1. The Bertz CT molecular complexity index is 325. The van der Waals surface area contributed by atoms with Gasteiger partial charge in [-0.1, -0.05) is 19.9 Å². The lowest BCUT2D eigenvalue weighted by Gasteiger charge is -2.19. The Kier molecular flexibility index (Phi) is 4.09. The first kappa shape index (κ1) is 12.0. The van der Waals surface area contributed by atoms with Crippen LogP contribution in [0.4, 0.5) is 4.39 Å². The summed E-state index contributed by atoms with van der Waals surface area (Å²) < 4.78 is 18.1. The third-order valence-corrected chi connectivity index (χ3v) is 2.66. The van der Waals surface area contributed by atoms with E-state index in [1.54, 1.807) is 12.1 Å². The van der Waals surface area contributed by atoms with E-state index in [-0.39, 0.29) is 17.5 Å². The first-order valence-corrected chi connectivity index (χ1v) is 5.13. The highest BCUT2D eigenvalue weighted by Crippen LogP contribution is 2.27. The van der Waals surface area contributed by atoms with Crippen molar-refractivity contribution in [2.45, 2.75) is 19.8 Å². The molecule has 2 nitrogen and oxygen atoms in total. The molecule has 1 unspecified atom stereocenters. The van der Waals surface area contributed by atoms with Crippen LogP contribution in [0.5, 0.6) is 5.75 Å². The van der Waals surface area contributed by atoms with Crippen LogP contribution in [0.25, 0.3) is 0 Å². The van der Waals surface area contributed by atoms with Crippen molar-refractivity contribution >= 4 is 0 Å². The van der Waals surface area contributed by atoms with Gasteiger partial charge in [0.1, 0.15) is 0 Å². The van der Waals surface area contributed by atoms with Crippen LogP contribution in [0.15, 0.2) is 18.2 Å². The fraction of sp³-hybridized carbons (Fsp3) is 0.500. The van der Waals surface area contributed by atoms with Crippen molar-refractivity contribution < 1.29 is 9.13 Å². The maximum absolute atomic E-state index is 13.2. The lowest BCUT2D eigenvalue weighted by molar-refractivity contribution is 0.384. The van der Waals surface area contributed by atoms with Gasteiger partial charge in [-0.25, -0.2) is 4.39 Å². The van der Waals surface area contributed by atoms with Gasteiger partial charge in [-0.3, -0.25) is 0 Å². The minimum absolute atomic E-state index is 0.250. The zero-order chi connectivity index (χ0) is 11.4. The van der Waals surface area contributed by atoms with E-state index in [0.29, 0.717) is 12.5 Å². The predicted octanol–water partition coefficient (Wildman–Crippen LogP) is 2.53. The molecule has 0 radical (unpaired) electrons. The summed E-state index contributed by atoms with van der Waals surface area (Å²) in [4.78, 5) is 0.